The molecule has 0 saturated heterocycles. The van der Waals surface area contributed by atoms with Crippen molar-refractivity contribution in [3.8, 4) is 0 Å². The highest BCUT2D eigenvalue weighted by Crippen LogP contribution is 2.25. The van der Waals surface area contributed by atoms with Crippen molar-refractivity contribution < 1.29 is 4.79 Å². The van der Waals surface area contributed by atoms with Gasteiger partial charge in [-0.15, -0.1) is 0 Å². The maximum Gasteiger partial charge on any atom is 0.218 e. The SMILES string of the molecule is NC(=O)CC(Br)c1ccccc1. The summed E-state index contributed by atoms with van der Waals surface area (Å²) in [7, 11) is 0. The summed E-state index contributed by atoms with van der Waals surface area (Å²) in [6, 6.07) is 9.73. The van der Waals surface area contributed by atoms with E-state index in [2.05, 4.69) is 15.9 Å². The van der Waals surface area contributed by atoms with Crippen LogP contribution in [-0.2, 0) is 4.79 Å². The fraction of sp³-hybridized carbons (Fsp3) is 0.222. The van der Waals surface area contributed by atoms with E-state index >= 15 is 0 Å². The molecule has 2 N–H and O–H groups in total. The zero-order valence-corrected chi connectivity index (χ0v) is 8.12. The monoisotopic (exact) mass is 227 g/mol. The van der Waals surface area contributed by atoms with E-state index in [-0.39, 0.29) is 10.7 Å². The molecule has 0 bridgehead atoms. The Morgan fingerprint density at radius 3 is 2.50 bits per heavy atom. The second kappa shape index (κ2) is 4.26. The number of hydrogen-bond donors (Lipinski definition) is 1. The van der Waals surface area contributed by atoms with Crippen LogP contribution in [0.15, 0.2) is 30.3 Å². The molecule has 0 heterocycles. The first-order chi connectivity index (χ1) is 5.70. The van der Waals surface area contributed by atoms with Gasteiger partial charge in [-0.1, -0.05) is 46.3 Å². The van der Waals surface area contributed by atoms with Crippen LogP contribution in [0.25, 0.3) is 0 Å². The third kappa shape index (κ3) is 2.66. The number of benzene rings is 1. The summed E-state index contributed by atoms with van der Waals surface area (Å²) in [4.78, 5) is 10.6. The number of carbonyl (C=O) groups is 1. The Hall–Kier alpha value is -0.830. The van der Waals surface area contributed by atoms with E-state index in [1.165, 1.54) is 0 Å². The predicted molar refractivity (Wildman–Crippen MR) is 51.9 cm³/mol. The lowest BCUT2D eigenvalue weighted by molar-refractivity contribution is -0.118. The highest BCUT2D eigenvalue weighted by atomic mass is 79.9. The average Bonchev–Trinajstić information content (AvgIpc) is 2.05. The minimum absolute atomic E-state index is 0.0381. The van der Waals surface area contributed by atoms with Gasteiger partial charge in [0, 0.05) is 11.2 Å². The number of nitrogens with two attached hydrogens (primary N) is 1. The van der Waals surface area contributed by atoms with Gasteiger partial charge in [-0.3, -0.25) is 4.79 Å². The largest absolute Gasteiger partial charge is 0.370 e. The van der Waals surface area contributed by atoms with Crippen molar-refractivity contribution in [3.05, 3.63) is 35.9 Å². The summed E-state index contributed by atoms with van der Waals surface area (Å²) in [6.45, 7) is 0. The number of halogens is 1. The predicted octanol–water partition coefficient (Wildman–Crippen LogP) is 2.00. The molecular weight excluding hydrogens is 218 g/mol. The van der Waals surface area contributed by atoms with Crippen molar-refractivity contribution in [1.29, 1.82) is 0 Å². The standard InChI is InChI=1S/C9H10BrNO/c10-8(6-9(11)12)7-4-2-1-3-5-7/h1-5,8H,6H2,(H2,11,12). The molecule has 0 spiro atoms. The van der Waals surface area contributed by atoms with Gasteiger partial charge >= 0.3 is 0 Å². The third-order valence-electron chi connectivity index (χ3n) is 1.54. The van der Waals surface area contributed by atoms with Crippen LogP contribution < -0.4 is 5.73 Å². The maximum absolute atomic E-state index is 10.6. The third-order valence-corrected chi connectivity index (χ3v) is 2.39. The first-order valence-corrected chi connectivity index (χ1v) is 4.59. The molecule has 1 aromatic rings. The highest BCUT2D eigenvalue weighted by molar-refractivity contribution is 9.09. The van der Waals surface area contributed by atoms with E-state index in [1.54, 1.807) is 0 Å². The molecule has 64 valence electrons. The zero-order valence-electron chi connectivity index (χ0n) is 6.53. The Morgan fingerprint density at radius 1 is 1.42 bits per heavy atom. The summed E-state index contributed by atoms with van der Waals surface area (Å²) in [5.74, 6) is -0.291. The van der Waals surface area contributed by atoms with Crippen molar-refractivity contribution in [2.24, 2.45) is 5.73 Å². The van der Waals surface area contributed by atoms with Crippen LogP contribution in [0, 0.1) is 0 Å². The number of carbonyl (C=O) groups excluding carboxylic acids is 1. The molecule has 0 aliphatic heterocycles. The van der Waals surface area contributed by atoms with Gasteiger partial charge in [0.25, 0.3) is 0 Å². The van der Waals surface area contributed by atoms with Gasteiger partial charge in [0.05, 0.1) is 0 Å². The number of rotatable bonds is 3. The lowest BCUT2D eigenvalue weighted by atomic mass is 10.1. The van der Waals surface area contributed by atoms with Crippen LogP contribution in [0.4, 0.5) is 0 Å². The Morgan fingerprint density at radius 2 is 2.00 bits per heavy atom. The molecular formula is C9H10BrNO. The van der Waals surface area contributed by atoms with Gasteiger partial charge in [0.2, 0.25) is 5.91 Å². The minimum Gasteiger partial charge on any atom is -0.370 e. The molecule has 12 heavy (non-hydrogen) atoms. The summed E-state index contributed by atoms with van der Waals surface area (Å²) in [5.41, 5.74) is 6.14. The van der Waals surface area contributed by atoms with Gasteiger partial charge in [0.1, 0.15) is 0 Å². The summed E-state index contributed by atoms with van der Waals surface area (Å²) in [5, 5.41) is 0. The molecule has 1 amide bonds. The minimum atomic E-state index is -0.291. The van der Waals surface area contributed by atoms with Gasteiger partial charge in [0.15, 0.2) is 0 Å². The summed E-state index contributed by atoms with van der Waals surface area (Å²) in [6.07, 6.45) is 0.337. The normalized spacial score (nSPS) is 12.4. The van der Waals surface area contributed by atoms with E-state index in [4.69, 9.17) is 5.73 Å². The Kier molecular flexibility index (Phi) is 3.29. The van der Waals surface area contributed by atoms with Crippen molar-refractivity contribution in [2.75, 3.05) is 0 Å². The molecule has 0 aliphatic carbocycles. The Balaban J connectivity index is 2.65. The number of hydrogen-bond acceptors (Lipinski definition) is 1. The highest BCUT2D eigenvalue weighted by Gasteiger charge is 2.08. The first-order valence-electron chi connectivity index (χ1n) is 3.67. The molecule has 1 atom stereocenters. The van der Waals surface area contributed by atoms with Gasteiger partial charge in [-0.2, -0.15) is 0 Å². The van der Waals surface area contributed by atoms with Crippen LogP contribution in [0.3, 0.4) is 0 Å². The molecule has 2 nitrogen and oxygen atoms in total. The Labute approximate surface area is 79.9 Å². The zero-order chi connectivity index (χ0) is 8.97. The molecule has 0 aromatic heterocycles. The van der Waals surface area contributed by atoms with Gasteiger partial charge < -0.3 is 5.73 Å². The Bertz CT molecular complexity index is 260. The lowest BCUT2D eigenvalue weighted by Crippen LogP contribution is -2.12. The van der Waals surface area contributed by atoms with E-state index in [0.717, 1.165) is 5.56 Å². The van der Waals surface area contributed by atoms with Crippen LogP contribution >= 0.6 is 15.9 Å². The van der Waals surface area contributed by atoms with Crippen LogP contribution in [0.2, 0.25) is 0 Å². The van der Waals surface area contributed by atoms with E-state index in [9.17, 15) is 4.79 Å². The maximum atomic E-state index is 10.6. The number of alkyl halides is 1. The van der Waals surface area contributed by atoms with E-state index < -0.39 is 0 Å². The molecule has 1 aromatic carbocycles. The second-order valence-corrected chi connectivity index (χ2v) is 3.65. The summed E-state index contributed by atoms with van der Waals surface area (Å²) < 4.78 is 0. The molecule has 0 radical (unpaired) electrons. The molecule has 1 rings (SSSR count). The molecule has 0 aliphatic rings. The molecule has 3 heteroatoms. The van der Waals surface area contributed by atoms with Crippen molar-refractivity contribution in [3.63, 3.8) is 0 Å². The van der Waals surface area contributed by atoms with Crippen molar-refractivity contribution in [2.45, 2.75) is 11.2 Å². The number of primary amides is 1. The quantitative estimate of drug-likeness (QED) is 0.790. The van der Waals surface area contributed by atoms with E-state index in [0.29, 0.717) is 6.42 Å². The molecule has 0 fully saturated rings. The van der Waals surface area contributed by atoms with E-state index in [1.807, 2.05) is 30.3 Å². The van der Waals surface area contributed by atoms with Crippen LogP contribution in [-0.4, -0.2) is 5.91 Å². The van der Waals surface area contributed by atoms with Gasteiger partial charge in [-0.05, 0) is 5.56 Å². The van der Waals surface area contributed by atoms with Crippen molar-refractivity contribution >= 4 is 21.8 Å². The number of amides is 1. The summed E-state index contributed by atoms with van der Waals surface area (Å²) >= 11 is 3.39. The lowest BCUT2D eigenvalue weighted by Gasteiger charge is -2.06. The fourth-order valence-corrected chi connectivity index (χ4v) is 1.58. The smallest absolute Gasteiger partial charge is 0.218 e. The second-order valence-electron chi connectivity index (χ2n) is 2.55. The molecule has 1 unspecified atom stereocenters. The van der Waals surface area contributed by atoms with Crippen molar-refractivity contribution in [1.82, 2.24) is 0 Å². The average molecular weight is 228 g/mol. The topological polar surface area (TPSA) is 43.1 Å². The van der Waals surface area contributed by atoms with Crippen LogP contribution in [0.5, 0.6) is 0 Å². The van der Waals surface area contributed by atoms with Crippen LogP contribution in [0.1, 0.15) is 16.8 Å². The fourth-order valence-electron chi connectivity index (χ4n) is 0.956. The first kappa shape index (κ1) is 9.26. The molecule has 0 saturated carbocycles. The van der Waals surface area contributed by atoms with Gasteiger partial charge in [-0.25, -0.2) is 0 Å².